The number of aliphatic imine (C=N–C) groups is 2. The molecule has 0 saturated heterocycles. The first-order valence-electron chi connectivity index (χ1n) is 9.34. The topological polar surface area (TPSA) is 82.9 Å². The van der Waals surface area contributed by atoms with Crippen molar-refractivity contribution in [1.82, 2.24) is 5.32 Å². The highest BCUT2D eigenvalue weighted by Gasteiger charge is 2.28. The maximum absolute atomic E-state index is 14.4. The quantitative estimate of drug-likeness (QED) is 0.823. The van der Waals surface area contributed by atoms with Crippen molar-refractivity contribution in [2.75, 3.05) is 5.32 Å². The fraction of sp³-hybridized carbons (Fsp3) is 0.182. The van der Waals surface area contributed by atoms with E-state index in [0.29, 0.717) is 17.7 Å². The molecule has 2 aromatic carbocycles. The van der Waals surface area contributed by atoms with E-state index < -0.39 is 17.9 Å². The third-order valence-corrected chi connectivity index (χ3v) is 4.77. The monoisotopic (exact) mass is 390 g/mol. The van der Waals surface area contributed by atoms with E-state index in [4.69, 9.17) is 0 Å². The highest BCUT2D eigenvalue weighted by atomic mass is 19.1. The van der Waals surface area contributed by atoms with Crippen LogP contribution < -0.4 is 10.6 Å². The number of allylic oxidation sites excluding steroid dienone is 1. The Hall–Kier alpha value is -3.61. The number of rotatable bonds is 5. The normalized spacial score (nSPS) is 19.9. The van der Waals surface area contributed by atoms with Gasteiger partial charge in [-0.15, -0.1) is 0 Å². The van der Waals surface area contributed by atoms with Gasteiger partial charge in [-0.3, -0.25) is 14.6 Å². The zero-order valence-electron chi connectivity index (χ0n) is 15.5. The molecule has 6 nitrogen and oxygen atoms in total. The van der Waals surface area contributed by atoms with Gasteiger partial charge in [0.15, 0.2) is 0 Å². The highest BCUT2D eigenvalue weighted by molar-refractivity contribution is 6.19. The second-order valence-electron chi connectivity index (χ2n) is 6.81. The van der Waals surface area contributed by atoms with Crippen LogP contribution in [0.5, 0.6) is 0 Å². The number of halogens is 1. The summed E-state index contributed by atoms with van der Waals surface area (Å²) < 4.78 is 14.4. The van der Waals surface area contributed by atoms with Gasteiger partial charge in [0.1, 0.15) is 5.82 Å². The number of carbonyl (C=O) groups excluding carboxylic acids is 2. The minimum Gasteiger partial charge on any atom is -0.327 e. The summed E-state index contributed by atoms with van der Waals surface area (Å²) in [5.74, 6) is -1.33. The highest BCUT2D eigenvalue weighted by Crippen LogP contribution is 2.26. The largest absolute Gasteiger partial charge is 0.327 e. The number of carbonyl (C=O) groups is 2. The minimum absolute atomic E-state index is 0.0594. The van der Waals surface area contributed by atoms with E-state index in [1.54, 1.807) is 24.5 Å². The van der Waals surface area contributed by atoms with Gasteiger partial charge in [-0.2, -0.15) is 0 Å². The van der Waals surface area contributed by atoms with Gasteiger partial charge in [0.2, 0.25) is 12.1 Å². The summed E-state index contributed by atoms with van der Waals surface area (Å²) in [4.78, 5) is 33.6. The third kappa shape index (κ3) is 4.13. The first-order valence-corrected chi connectivity index (χ1v) is 9.34. The maximum Gasteiger partial charge on any atom is 0.269 e. The lowest BCUT2D eigenvalue weighted by Gasteiger charge is -2.14. The predicted octanol–water partition coefficient (Wildman–Crippen LogP) is 3.05. The van der Waals surface area contributed by atoms with E-state index in [1.165, 1.54) is 6.07 Å². The van der Waals surface area contributed by atoms with Crippen LogP contribution in [0.2, 0.25) is 0 Å². The Morgan fingerprint density at radius 2 is 1.97 bits per heavy atom. The van der Waals surface area contributed by atoms with Crippen LogP contribution in [0.1, 0.15) is 24.0 Å². The fourth-order valence-electron chi connectivity index (χ4n) is 3.28. The van der Waals surface area contributed by atoms with Crippen LogP contribution in [0.15, 0.2) is 70.8 Å². The van der Waals surface area contributed by atoms with Crippen LogP contribution in [-0.2, 0) is 9.59 Å². The Morgan fingerprint density at radius 1 is 1.14 bits per heavy atom. The van der Waals surface area contributed by atoms with Crippen molar-refractivity contribution in [2.24, 2.45) is 15.9 Å². The molecule has 0 radical (unpaired) electrons. The molecule has 0 saturated carbocycles. The van der Waals surface area contributed by atoms with Crippen LogP contribution in [0.4, 0.5) is 10.1 Å². The smallest absolute Gasteiger partial charge is 0.269 e. The van der Waals surface area contributed by atoms with Gasteiger partial charge < -0.3 is 10.6 Å². The van der Waals surface area contributed by atoms with Crippen LogP contribution in [-0.4, -0.2) is 29.9 Å². The van der Waals surface area contributed by atoms with Crippen LogP contribution in [0, 0.1) is 11.7 Å². The summed E-state index contributed by atoms with van der Waals surface area (Å²) in [6.07, 6.45) is 5.04. The molecule has 0 aliphatic carbocycles. The molecule has 4 rings (SSSR count). The molecule has 146 valence electrons. The Bertz CT molecular complexity index is 1020. The van der Waals surface area contributed by atoms with Gasteiger partial charge in [0.25, 0.3) is 5.91 Å². The van der Waals surface area contributed by atoms with Crippen molar-refractivity contribution in [3.8, 4) is 0 Å². The van der Waals surface area contributed by atoms with Crippen LogP contribution in [0.25, 0.3) is 0 Å². The van der Waals surface area contributed by atoms with Gasteiger partial charge >= 0.3 is 0 Å². The molecule has 29 heavy (non-hydrogen) atoms. The van der Waals surface area contributed by atoms with Crippen molar-refractivity contribution in [3.63, 3.8) is 0 Å². The number of anilines is 1. The molecule has 0 aromatic heterocycles. The summed E-state index contributed by atoms with van der Waals surface area (Å²) in [6.45, 7) is 0. The average Bonchev–Trinajstić information content (AvgIpc) is 3.21. The van der Waals surface area contributed by atoms with E-state index in [1.807, 2.05) is 36.4 Å². The van der Waals surface area contributed by atoms with Gasteiger partial charge in [-0.05, 0) is 12.5 Å². The fourth-order valence-corrected chi connectivity index (χ4v) is 3.28. The zero-order valence-corrected chi connectivity index (χ0v) is 15.5. The predicted molar refractivity (Wildman–Crippen MR) is 109 cm³/mol. The van der Waals surface area contributed by atoms with Gasteiger partial charge in [0, 0.05) is 35.9 Å². The summed E-state index contributed by atoms with van der Waals surface area (Å²) in [7, 11) is 0. The lowest BCUT2D eigenvalue weighted by molar-refractivity contribution is -0.126. The molecule has 1 unspecified atom stereocenters. The second-order valence-corrected chi connectivity index (χ2v) is 6.81. The van der Waals surface area contributed by atoms with Crippen molar-refractivity contribution in [3.05, 3.63) is 77.8 Å². The van der Waals surface area contributed by atoms with Crippen LogP contribution >= 0.6 is 0 Å². The number of fused-ring (bicyclic) bond motifs is 1. The standard InChI is InChI=1S/C22H19FN4O2/c23-17-8-4-7-16-19(15-5-2-1-3-6-15)26-21(22(29)27-20(16)17)25-18(28)10-9-14-11-12-24-13-14/h1-8,11-14,21H,9-10H2,(H,25,28)(H,27,29)/t14?,21-/m0/s1. The van der Waals surface area contributed by atoms with E-state index in [0.717, 1.165) is 5.56 Å². The lowest BCUT2D eigenvalue weighted by atomic mass is 10.0. The van der Waals surface area contributed by atoms with E-state index in [2.05, 4.69) is 20.6 Å². The van der Waals surface area contributed by atoms with Crippen molar-refractivity contribution in [2.45, 2.75) is 19.0 Å². The molecule has 2 aliphatic rings. The minimum atomic E-state index is -1.16. The van der Waals surface area contributed by atoms with Crippen molar-refractivity contribution >= 4 is 29.4 Å². The molecule has 2 N–H and O–H groups in total. The number of nitrogens with one attached hydrogen (secondary N) is 2. The molecule has 0 spiro atoms. The Labute approximate surface area is 167 Å². The number of nitrogens with zero attached hydrogens (tertiary/aromatic N) is 2. The Balaban J connectivity index is 1.62. The maximum atomic E-state index is 14.4. The van der Waals surface area contributed by atoms with Gasteiger partial charge in [0.05, 0.1) is 11.4 Å². The molecule has 2 heterocycles. The third-order valence-electron chi connectivity index (χ3n) is 4.77. The van der Waals surface area contributed by atoms with E-state index >= 15 is 0 Å². The number of hydrogen-bond acceptors (Lipinski definition) is 4. The van der Waals surface area contributed by atoms with Gasteiger partial charge in [-0.25, -0.2) is 9.38 Å². The number of benzene rings is 2. The summed E-state index contributed by atoms with van der Waals surface area (Å²) in [5, 5.41) is 5.22. The lowest BCUT2D eigenvalue weighted by Crippen LogP contribution is -2.42. The molecule has 2 aromatic rings. The van der Waals surface area contributed by atoms with Crippen molar-refractivity contribution in [1.29, 1.82) is 0 Å². The molecular weight excluding hydrogens is 371 g/mol. The molecule has 2 aliphatic heterocycles. The Morgan fingerprint density at radius 3 is 2.72 bits per heavy atom. The summed E-state index contributed by atoms with van der Waals surface area (Å²) in [5.41, 5.74) is 1.69. The van der Waals surface area contributed by atoms with Crippen molar-refractivity contribution < 1.29 is 14.0 Å². The first kappa shape index (κ1) is 18.7. The number of para-hydroxylation sites is 1. The molecule has 0 bridgehead atoms. The van der Waals surface area contributed by atoms with E-state index in [9.17, 15) is 14.0 Å². The molecule has 7 heteroatoms. The number of hydrogen-bond donors (Lipinski definition) is 2. The average molecular weight is 390 g/mol. The molecule has 2 atom stereocenters. The summed E-state index contributed by atoms with van der Waals surface area (Å²) in [6, 6.07) is 13.7. The Kier molecular flexibility index (Phi) is 5.29. The zero-order chi connectivity index (χ0) is 20.2. The van der Waals surface area contributed by atoms with Crippen LogP contribution in [0.3, 0.4) is 0 Å². The summed E-state index contributed by atoms with van der Waals surface area (Å²) >= 11 is 0. The number of benzodiazepines with no additional fused rings is 1. The SMILES string of the molecule is O=C(CCC1C=CN=C1)N[C@H]1N=C(c2ccccc2)c2cccc(F)c2NC1=O. The second kappa shape index (κ2) is 8.18. The molecular formula is C22H19FN4O2. The molecule has 2 amide bonds. The van der Waals surface area contributed by atoms with Gasteiger partial charge in [-0.1, -0.05) is 48.5 Å². The molecule has 0 fully saturated rings. The first-order chi connectivity index (χ1) is 14.1. The van der Waals surface area contributed by atoms with E-state index in [-0.39, 0.29) is 23.9 Å². The number of amides is 2.